The molecule has 4 aromatic rings. The van der Waals surface area contributed by atoms with E-state index < -0.39 is 0 Å². The fourth-order valence-electron chi connectivity index (χ4n) is 3.71. The number of imidazole rings is 1. The second kappa shape index (κ2) is 10.3. The highest BCUT2D eigenvalue weighted by molar-refractivity contribution is 8.15. The van der Waals surface area contributed by atoms with Gasteiger partial charge in [-0.15, -0.1) is 12.4 Å². The molecule has 10 heteroatoms. The number of hydrogen-bond donors (Lipinski definition) is 2. The Labute approximate surface area is 211 Å². The lowest BCUT2D eigenvalue weighted by Gasteiger charge is -2.09. The summed E-state index contributed by atoms with van der Waals surface area (Å²) in [6.07, 6.45) is 0.486. The number of phenols is 1. The summed E-state index contributed by atoms with van der Waals surface area (Å²) in [7, 11) is 1.92. The topological polar surface area (TPSA) is 103 Å². The first-order chi connectivity index (χ1) is 16.4. The zero-order valence-corrected chi connectivity index (χ0v) is 20.3. The molecule has 180 valence electrons. The van der Waals surface area contributed by atoms with Crippen molar-refractivity contribution in [2.75, 3.05) is 0 Å². The minimum atomic E-state index is -0.388. The molecule has 1 aliphatic heterocycles. The fraction of sp³-hybridized carbons (Fsp3) is 0.160. The van der Waals surface area contributed by atoms with Gasteiger partial charge in [0.15, 0.2) is 0 Å². The van der Waals surface area contributed by atoms with Gasteiger partial charge in [0, 0.05) is 19.2 Å². The highest BCUT2D eigenvalue weighted by atomic mass is 35.5. The van der Waals surface area contributed by atoms with Gasteiger partial charge in [0.1, 0.15) is 35.4 Å². The lowest BCUT2D eigenvalue weighted by molar-refractivity contribution is -0.118. The Bertz CT molecular complexity index is 1390. The Kier molecular flexibility index (Phi) is 7.18. The van der Waals surface area contributed by atoms with Crippen LogP contribution in [0.4, 0.5) is 4.79 Å². The first-order valence-corrected chi connectivity index (χ1v) is 11.5. The molecule has 0 aliphatic carbocycles. The molecule has 1 unspecified atom stereocenters. The molecule has 1 atom stereocenters. The molecular weight excluding hydrogens is 490 g/mol. The van der Waals surface area contributed by atoms with Crippen molar-refractivity contribution in [3.05, 3.63) is 78.1 Å². The summed E-state index contributed by atoms with van der Waals surface area (Å²) in [5.74, 6) is 2.53. The first kappa shape index (κ1) is 24.4. The van der Waals surface area contributed by atoms with Gasteiger partial charge in [-0.3, -0.25) is 14.9 Å². The van der Waals surface area contributed by atoms with Crippen LogP contribution in [0, 0.1) is 0 Å². The molecular formula is C25H22ClN3O5S. The molecule has 8 nitrogen and oxygen atoms in total. The van der Waals surface area contributed by atoms with E-state index in [4.69, 9.17) is 9.47 Å². The molecule has 0 bridgehead atoms. The van der Waals surface area contributed by atoms with E-state index >= 15 is 0 Å². The molecule has 0 saturated carbocycles. The van der Waals surface area contributed by atoms with Crippen LogP contribution in [0.5, 0.6) is 23.0 Å². The van der Waals surface area contributed by atoms with E-state index in [9.17, 15) is 14.7 Å². The van der Waals surface area contributed by atoms with E-state index in [1.54, 1.807) is 24.3 Å². The number of phenolic OH excluding ortho intramolecular Hbond substituents is 1. The van der Waals surface area contributed by atoms with E-state index in [0.29, 0.717) is 23.7 Å². The minimum Gasteiger partial charge on any atom is -0.508 e. The summed E-state index contributed by atoms with van der Waals surface area (Å²) >= 11 is 1.02. The number of halogens is 1. The van der Waals surface area contributed by atoms with E-state index in [2.05, 4.69) is 10.3 Å². The maximum Gasteiger partial charge on any atom is 0.286 e. The Morgan fingerprint density at radius 3 is 2.49 bits per heavy atom. The quantitative estimate of drug-likeness (QED) is 0.361. The van der Waals surface area contributed by atoms with E-state index in [1.807, 2.05) is 54.1 Å². The Hall–Kier alpha value is -3.69. The molecule has 2 N–H and O–H groups in total. The number of fused-ring (bicyclic) bond motifs is 1. The monoisotopic (exact) mass is 511 g/mol. The third-order valence-electron chi connectivity index (χ3n) is 5.48. The van der Waals surface area contributed by atoms with Crippen LogP contribution in [-0.2, 0) is 24.9 Å². The van der Waals surface area contributed by atoms with Crippen LogP contribution < -0.4 is 14.8 Å². The fourth-order valence-corrected chi connectivity index (χ4v) is 4.57. The lowest BCUT2D eigenvalue weighted by Crippen LogP contribution is -2.25. The number of aromatic hydroxyl groups is 1. The van der Waals surface area contributed by atoms with Gasteiger partial charge in [-0.25, -0.2) is 4.98 Å². The smallest absolute Gasteiger partial charge is 0.286 e. The Morgan fingerprint density at radius 2 is 1.77 bits per heavy atom. The van der Waals surface area contributed by atoms with Gasteiger partial charge in [0.25, 0.3) is 5.24 Å². The van der Waals surface area contributed by atoms with E-state index in [-0.39, 0.29) is 41.2 Å². The highest BCUT2D eigenvalue weighted by Gasteiger charge is 2.31. The highest BCUT2D eigenvalue weighted by Crippen LogP contribution is 2.28. The largest absolute Gasteiger partial charge is 0.508 e. The molecule has 35 heavy (non-hydrogen) atoms. The number of aryl methyl sites for hydroxylation is 1. The second-order valence-electron chi connectivity index (χ2n) is 7.86. The van der Waals surface area contributed by atoms with Crippen molar-refractivity contribution < 1.29 is 24.2 Å². The summed E-state index contributed by atoms with van der Waals surface area (Å²) in [5, 5.41) is 11.2. The molecule has 1 fully saturated rings. The van der Waals surface area contributed by atoms with Crippen molar-refractivity contribution in [1.82, 2.24) is 14.9 Å². The molecule has 1 saturated heterocycles. The Balaban J connectivity index is 0.00000289. The average Bonchev–Trinajstić information content (AvgIpc) is 3.30. The van der Waals surface area contributed by atoms with Gasteiger partial charge in [0.2, 0.25) is 5.91 Å². The van der Waals surface area contributed by atoms with Crippen molar-refractivity contribution in [1.29, 1.82) is 0 Å². The Morgan fingerprint density at radius 1 is 1.03 bits per heavy atom. The lowest BCUT2D eigenvalue weighted by atomic mass is 10.1. The van der Waals surface area contributed by atoms with E-state index in [0.717, 1.165) is 34.2 Å². The molecule has 2 amide bonds. The zero-order chi connectivity index (χ0) is 23.7. The van der Waals surface area contributed by atoms with Gasteiger partial charge >= 0.3 is 0 Å². The molecule has 3 aromatic carbocycles. The molecule has 0 spiro atoms. The van der Waals surface area contributed by atoms with Crippen LogP contribution in [0.3, 0.4) is 0 Å². The number of nitrogens with one attached hydrogen (secondary N) is 1. The summed E-state index contributed by atoms with van der Waals surface area (Å²) in [5.41, 5.74) is 2.67. The van der Waals surface area contributed by atoms with Crippen molar-refractivity contribution >= 4 is 46.3 Å². The third kappa shape index (κ3) is 5.52. The zero-order valence-electron chi connectivity index (χ0n) is 18.6. The third-order valence-corrected chi connectivity index (χ3v) is 6.46. The standard InChI is InChI=1S/C25H21N3O5S.ClH/c1-28-21-13-19(33-18-4-2-3-16(29)12-18)9-10-20(21)26-23(28)14-32-17-7-5-15(6-8-17)11-22-24(30)27-25(31)34-22;/h2-10,12-13,22,29H,11,14H2,1H3,(H,27,30,31);1H. The van der Waals surface area contributed by atoms with Crippen LogP contribution in [0.1, 0.15) is 11.4 Å². The van der Waals surface area contributed by atoms with Gasteiger partial charge in [-0.2, -0.15) is 0 Å². The van der Waals surface area contributed by atoms with Crippen molar-refractivity contribution in [3.8, 4) is 23.0 Å². The maximum absolute atomic E-state index is 11.7. The first-order valence-electron chi connectivity index (χ1n) is 10.6. The number of imide groups is 1. The number of rotatable bonds is 7. The van der Waals surface area contributed by atoms with Crippen LogP contribution in [-0.4, -0.2) is 31.1 Å². The van der Waals surface area contributed by atoms with Crippen LogP contribution in [0.25, 0.3) is 11.0 Å². The number of amides is 2. The average molecular weight is 512 g/mol. The number of carbonyl (C=O) groups excluding carboxylic acids is 2. The predicted octanol–water partition coefficient (Wildman–Crippen LogP) is 4.97. The van der Waals surface area contributed by atoms with Crippen LogP contribution >= 0.6 is 24.2 Å². The number of thioether (sulfide) groups is 1. The van der Waals surface area contributed by atoms with Gasteiger partial charge < -0.3 is 19.1 Å². The molecule has 5 rings (SSSR count). The van der Waals surface area contributed by atoms with Gasteiger partial charge in [0.05, 0.1) is 16.3 Å². The molecule has 1 aromatic heterocycles. The number of ether oxygens (including phenoxy) is 2. The van der Waals surface area contributed by atoms with Gasteiger partial charge in [-0.1, -0.05) is 30.0 Å². The number of aromatic nitrogens is 2. The maximum atomic E-state index is 11.7. The van der Waals surface area contributed by atoms with Crippen molar-refractivity contribution in [2.45, 2.75) is 18.3 Å². The normalized spacial score (nSPS) is 15.1. The number of hydrogen-bond acceptors (Lipinski definition) is 7. The molecule has 2 heterocycles. The summed E-state index contributed by atoms with van der Waals surface area (Å²) in [6, 6.07) is 19.7. The van der Waals surface area contributed by atoms with E-state index in [1.165, 1.54) is 0 Å². The second-order valence-corrected chi connectivity index (χ2v) is 9.03. The number of carbonyl (C=O) groups is 2. The van der Waals surface area contributed by atoms with Crippen molar-refractivity contribution in [2.24, 2.45) is 7.05 Å². The van der Waals surface area contributed by atoms with Gasteiger partial charge in [-0.05, 0) is 48.4 Å². The van der Waals surface area contributed by atoms with Crippen LogP contribution in [0.15, 0.2) is 66.7 Å². The van der Waals surface area contributed by atoms with Crippen molar-refractivity contribution in [3.63, 3.8) is 0 Å². The summed E-state index contributed by atoms with van der Waals surface area (Å²) < 4.78 is 13.7. The SMILES string of the molecule is Cl.Cn1c(COc2ccc(CC3SC(=O)NC3=O)cc2)nc2ccc(Oc3cccc(O)c3)cc21. The molecule has 0 radical (unpaired) electrons. The number of nitrogens with zero attached hydrogens (tertiary/aromatic N) is 2. The van der Waals surface area contributed by atoms with Crippen LogP contribution in [0.2, 0.25) is 0 Å². The number of benzene rings is 3. The summed E-state index contributed by atoms with van der Waals surface area (Å²) in [4.78, 5) is 27.7. The summed E-state index contributed by atoms with van der Waals surface area (Å²) in [6.45, 7) is 0.280. The predicted molar refractivity (Wildman–Crippen MR) is 136 cm³/mol. The molecule has 1 aliphatic rings. The minimum absolute atomic E-state index is 0.